The molecular formula is C67H43NOS. The number of benzene rings is 11. The molecule has 0 N–H and O–H groups in total. The van der Waals surface area contributed by atoms with Crippen LogP contribution >= 0.6 is 11.3 Å². The van der Waals surface area contributed by atoms with E-state index in [0.717, 1.165) is 61.3 Å². The highest BCUT2D eigenvalue weighted by Gasteiger charge is 2.46. The molecule has 0 atom stereocenters. The summed E-state index contributed by atoms with van der Waals surface area (Å²) < 4.78 is 9.03. The lowest BCUT2D eigenvalue weighted by Gasteiger charge is -2.34. The second-order valence-corrected chi connectivity index (χ2v) is 19.4. The summed E-state index contributed by atoms with van der Waals surface area (Å²) in [6.45, 7) is 0. The maximum absolute atomic E-state index is 6.41. The van der Waals surface area contributed by atoms with Crippen molar-refractivity contribution in [3.05, 3.63) is 283 Å². The fourth-order valence-corrected chi connectivity index (χ4v) is 12.6. The van der Waals surface area contributed by atoms with Crippen LogP contribution in [0.3, 0.4) is 0 Å². The number of hydrogen-bond acceptors (Lipinski definition) is 3. The van der Waals surface area contributed by atoms with Crippen molar-refractivity contribution in [1.29, 1.82) is 0 Å². The zero-order valence-electron chi connectivity index (χ0n) is 38.1. The molecule has 0 radical (unpaired) electrons. The summed E-state index contributed by atoms with van der Waals surface area (Å²) in [5.74, 6) is 0. The molecule has 0 bridgehead atoms. The van der Waals surface area contributed by atoms with Crippen LogP contribution in [0.5, 0.6) is 0 Å². The molecule has 328 valence electrons. The molecule has 70 heavy (non-hydrogen) atoms. The minimum atomic E-state index is -0.470. The fourth-order valence-electron chi connectivity index (χ4n) is 11.4. The van der Waals surface area contributed by atoms with E-state index in [9.17, 15) is 0 Å². The van der Waals surface area contributed by atoms with E-state index in [4.69, 9.17) is 4.42 Å². The number of thiophene rings is 1. The molecule has 0 amide bonds. The molecule has 0 saturated carbocycles. The zero-order valence-corrected chi connectivity index (χ0v) is 38.9. The van der Waals surface area contributed by atoms with Crippen molar-refractivity contribution >= 4 is 70.5 Å². The number of nitrogens with zero attached hydrogens (tertiary/aromatic N) is 1. The maximum atomic E-state index is 6.41. The number of hydrogen-bond donors (Lipinski definition) is 0. The second kappa shape index (κ2) is 16.2. The number of anilines is 3. The van der Waals surface area contributed by atoms with Crippen LogP contribution in [0.1, 0.15) is 22.3 Å². The van der Waals surface area contributed by atoms with E-state index in [2.05, 4.69) is 254 Å². The van der Waals surface area contributed by atoms with Gasteiger partial charge in [-0.3, -0.25) is 0 Å². The summed E-state index contributed by atoms with van der Waals surface area (Å²) in [5, 5.41) is 4.91. The van der Waals surface area contributed by atoms with Gasteiger partial charge in [-0.15, -0.1) is 11.3 Å². The average Bonchev–Trinajstić information content (AvgIpc) is 4.11. The van der Waals surface area contributed by atoms with Crippen molar-refractivity contribution in [2.75, 3.05) is 4.90 Å². The Kier molecular flexibility index (Phi) is 9.33. The van der Waals surface area contributed by atoms with Crippen LogP contribution in [0.25, 0.3) is 86.6 Å². The molecule has 0 saturated heterocycles. The van der Waals surface area contributed by atoms with Gasteiger partial charge in [0.25, 0.3) is 0 Å². The third-order valence-corrected chi connectivity index (χ3v) is 15.7. The molecule has 2 aromatic heterocycles. The van der Waals surface area contributed by atoms with Gasteiger partial charge in [0.15, 0.2) is 0 Å². The van der Waals surface area contributed by atoms with E-state index in [1.165, 1.54) is 64.7 Å². The van der Waals surface area contributed by atoms with E-state index in [1.807, 2.05) is 23.5 Å². The zero-order chi connectivity index (χ0) is 46.2. The number of furan rings is 1. The van der Waals surface area contributed by atoms with Crippen LogP contribution in [0.2, 0.25) is 0 Å². The van der Waals surface area contributed by atoms with Gasteiger partial charge < -0.3 is 9.32 Å². The van der Waals surface area contributed by atoms with Crippen LogP contribution in [0, 0.1) is 0 Å². The lowest BCUT2D eigenvalue weighted by atomic mass is 9.68. The summed E-state index contributed by atoms with van der Waals surface area (Å²) in [5.41, 5.74) is 19.2. The quantitative estimate of drug-likeness (QED) is 0.151. The summed E-state index contributed by atoms with van der Waals surface area (Å²) >= 11 is 1.86. The molecule has 3 heteroatoms. The second-order valence-electron chi connectivity index (χ2n) is 18.3. The highest BCUT2D eigenvalue weighted by Crippen LogP contribution is 2.57. The van der Waals surface area contributed by atoms with Crippen molar-refractivity contribution in [3.63, 3.8) is 0 Å². The van der Waals surface area contributed by atoms with Gasteiger partial charge >= 0.3 is 0 Å². The largest absolute Gasteiger partial charge is 0.455 e. The summed E-state index contributed by atoms with van der Waals surface area (Å²) in [4.78, 5) is 2.42. The smallest absolute Gasteiger partial charge is 0.143 e. The molecule has 13 aromatic rings. The predicted molar refractivity (Wildman–Crippen MR) is 295 cm³/mol. The lowest BCUT2D eigenvalue weighted by molar-refractivity contribution is 0.670. The minimum absolute atomic E-state index is 0.470. The number of para-hydroxylation sites is 2. The van der Waals surface area contributed by atoms with E-state index in [1.54, 1.807) is 0 Å². The van der Waals surface area contributed by atoms with Gasteiger partial charge in [-0.25, -0.2) is 0 Å². The van der Waals surface area contributed by atoms with Crippen LogP contribution in [-0.2, 0) is 5.41 Å². The van der Waals surface area contributed by atoms with Crippen molar-refractivity contribution < 1.29 is 4.42 Å². The van der Waals surface area contributed by atoms with E-state index in [0.29, 0.717) is 0 Å². The van der Waals surface area contributed by atoms with Crippen molar-refractivity contribution in [3.8, 4) is 44.5 Å². The fraction of sp³-hybridized carbons (Fsp3) is 0.0149. The first-order valence-corrected chi connectivity index (χ1v) is 24.8. The molecule has 0 fully saturated rings. The average molecular weight is 910 g/mol. The highest BCUT2D eigenvalue weighted by atomic mass is 32.1. The Morgan fingerprint density at radius 2 is 0.829 bits per heavy atom. The van der Waals surface area contributed by atoms with Crippen molar-refractivity contribution in [2.45, 2.75) is 5.41 Å². The van der Waals surface area contributed by atoms with Gasteiger partial charge in [0.2, 0.25) is 0 Å². The molecule has 0 aliphatic heterocycles. The van der Waals surface area contributed by atoms with Gasteiger partial charge in [-0.1, -0.05) is 206 Å². The molecule has 1 aliphatic carbocycles. The van der Waals surface area contributed by atoms with Crippen LogP contribution in [0.15, 0.2) is 265 Å². The Labute approximate surface area is 410 Å². The van der Waals surface area contributed by atoms with Gasteiger partial charge in [0.05, 0.1) is 5.41 Å². The van der Waals surface area contributed by atoms with Gasteiger partial charge in [0.1, 0.15) is 11.2 Å². The molecule has 2 heterocycles. The molecule has 11 aromatic carbocycles. The standard InChI is InChI=1S/C67H43NOS/c1-3-15-48(16-4-1)67(49-17-5-2-6-18-49)60-25-10-7-19-55(60)59-43-52(41-42-61(59)67)68(51-39-35-46(36-40-51)53-22-14-28-64-65(53)58-21-9-12-27-63(58)70-64)50-37-33-45(34-38-50)44-29-31-47(32-30-44)54-23-13-24-57-56-20-8-11-26-62(56)69-66(54)57/h1-43H. The first-order valence-electron chi connectivity index (χ1n) is 24.0. The topological polar surface area (TPSA) is 16.4 Å². The van der Waals surface area contributed by atoms with E-state index in [-0.39, 0.29) is 0 Å². The first kappa shape index (κ1) is 40.3. The van der Waals surface area contributed by atoms with E-state index >= 15 is 0 Å². The van der Waals surface area contributed by atoms with Gasteiger partial charge in [-0.05, 0) is 116 Å². The van der Waals surface area contributed by atoms with Crippen molar-refractivity contribution in [1.82, 2.24) is 0 Å². The van der Waals surface area contributed by atoms with Crippen LogP contribution in [-0.4, -0.2) is 0 Å². The third kappa shape index (κ3) is 6.25. The summed E-state index contributed by atoms with van der Waals surface area (Å²) in [7, 11) is 0. The SMILES string of the molecule is c1ccc(C2(c3ccccc3)c3ccccc3-c3cc(N(c4ccc(-c5ccc(-c6cccc7c6oc6ccccc67)cc5)cc4)c4ccc(-c5cccc6sc7ccccc7c56)cc4)ccc32)cc1. The Hall–Kier alpha value is -8.76. The predicted octanol–water partition coefficient (Wildman–Crippen LogP) is 18.8. The first-order chi connectivity index (χ1) is 34.7. The molecule has 0 spiro atoms. The summed E-state index contributed by atoms with van der Waals surface area (Å²) in [6.07, 6.45) is 0. The third-order valence-electron chi connectivity index (χ3n) is 14.6. The molecule has 14 rings (SSSR count). The van der Waals surface area contributed by atoms with Gasteiger partial charge in [-0.2, -0.15) is 0 Å². The Morgan fingerprint density at radius 1 is 0.329 bits per heavy atom. The Morgan fingerprint density at radius 3 is 1.57 bits per heavy atom. The lowest BCUT2D eigenvalue weighted by Crippen LogP contribution is -2.28. The Bertz CT molecular complexity index is 4050. The maximum Gasteiger partial charge on any atom is 0.143 e. The van der Waals surface area contributed by atoms with Crippen molar-refractivity contribution in [2.24, 2.45) is 0 Å². The molecular weight excluding hydrogens is 867 g/mol. The molecule has 1 aliphatic rings. The highest BCUT2D eigenvalue weighted by molar-refractivity contribution is 7.25. The number of rotatable bonds is 8. The molecule has 2 nitrogen and oxygen atoms in total. The monoisotopic (exact) mass is 909 g/mol. The normalized spacial score (nSPS) is 12.7. The van der Waals surface area contributed by atoms with Crippen LogP contribution < -0.4 is 4.90 Å². The number of fused-ring (bicyclic) bond motifs is 9. The minimum Gasteiger partial charge on any atom is -0.455 e. The van der Waals surface area contributed by atoms with Crippen LogP contribution in [0.4, 0.5) is 17.1 Å². The molecule has 0 unspecified atom stereocenters. The van der Waals surface area contributed by atoms with E-state index < -0.39 is 5.41 Å². The summed E-state index contributed by atoms with van der Waals surface area (Å²) in [6, 6.07) is 95.5. The Balaban J connectivity index is 0.887. The van der Waals surface area contributed by atoms with Gasteiger partial charge in [0, 0.05) is 53.6 Å².